The van der Waals surface area contributed by atoms with Gasteiger partial charge < -0.3 is 10.2 Å². The Bertz CT molecular complexity index is 378. The molecule has 110 valence electrons. The largest absolute Gasteiger partial charge is 0.369 e. The molecule has 1 N–H and O–H groups in total. The lowest BCUT2D eigenvalue weighted by molar-refractivity contribution is 0.234. The molecule has 3 nitrogen and oxygen atoms in total. The number of rotatable bonds is 4. The van der Waals surface area contributed by atoms with Crippen LogP contribution in [0.3, 0.4) is 0 Å². The van der Waals surface area contributed by atoms with Crippen molar-refractivity contribution in [1.29, 1.82) is 0 Å². The van der Waals surface area contributed by atoms with Crippen molar-refractivity contribution in [2.75, 3.05) is 44.2 Å². The first-order valence-electron chi connectivity index (χ1n) is 8.17. The summed E-state index contributed by atoms with van der Waals surface area (Å²) in [5.41, 5.74) is 1.38. The van der Waals surface area contributed by atoms with Crippen LogP contribution in [-0.2, 0) is 0 Å². The minimum absolute atomic E-state index is 0.774. The smallest absolute Gasteiger partial charge is 0.0367 e. The van der Waals surface area contributed by atoms with Gasteiger partial charge in [0.2, 0.25) is 0 Å². The maximum Gasteiger partial charge on any atom is 0.0367 e. The lowest BCUT2D eigenvalue weighted by Crippen LogP contribution is -2.47. The fourth-order valence-electron chi connectivity index (χ4n) is 3.38. The van der Waals surface area contributed by atoms with E-state index in [0.29, 0.717) is 0 Å². The maximum atomic E-state index is 3.66. The van der Waals surface area contributed by atoms with E-state index in [-0.39, 0.29) is 0 Å². The van der Waals surface area contributed by atoms with Gasteiger partial charge >= 0.3 is 0 Å². The van der Waals surface area contributed by atoms with E-state index in [2.05, 4.69) is 45.4 Å². The molecule has 0 bridgehead atoms. The zero-order chi connectivity index (χ0) is 13.6. The third kappa shape index (κ3) is 3.74. The number of hydrogen-bond donors (Lipinski definition) is 1. The van der Waals surface area contributed by atoms with Crippen molar-refractivity contribution in [1.82, 2.24) is 10.2 Å². The van der Waals surface area contributed by atoms with E-state index in [4.69, 9.17) is 0 Å². The van der Waals surface area contributed by atoms with Gasteiger partial charge in [-0.3, -0.25) is 4.90 Å². The first-order valence-corrected chi connectivity index (χ1v) is 8.17. The summed E-state index contributed by atoms with van der Waals surface area (Å²) >= 11 is 0. The Hall–Kier alpha value is -1.06. The van der Waals surface area contributed by atoms with Crippen molar-refractivity contribution >= 4 is 5.69 Å². The molecular formula is C17H27N3. The molecule has 0 aliphatic carbocycles. The molecule has 0 amide bonds. The van der Waals surface area contributed by atoms with E-state index >= 15 is 0 Å². The van der Waals surface area contributed by atoms with Crippen LogP contribution in [0.1, 0.15) is 25.7 Å². The molecule has 0 radical (unpaired) electrons. The first kappa shape index (κ1) is 13.9. The van der Waals surface area contributed by atoms with Crippen LogP contribution in [0.25, 0.3) is 0 Å². The molecule has 0 aromatic heterocycles. The number of hydrogen-bond acceptors (Lipinski definition) is 3. The van der Waals surface area contributed by atoms with Crippen molar-refractivity contribution in [2.24, 2.45) is 0 Å². The van der Waals surface area contributed by atoms with Gasteiger partial charge in [0.15, 0.2) is 0 Å². The van der Waals surface area contributed by atoms with Gasteiger partial charge in [0.25, 0.3) is 0 Å². The number of benzene rings is 1. The molecule has 0 saturated carbocycles. The fraction of sp³-hybridized carbons (Fsp3) is 0.647. The first-order chi connectivity index (χ1) is 9.92. The average molecular weight is 273 g/mol. The van der Waals surface area contributed by atoms with E-state index in [9.17, 15) is 0 Å². The van der Waals surface area contributed by atoms with E-state index in [1.807, 2.05) is 0 Å². The van der Waals surface area contributed by atoms with Crippen molar-refractivity contribution in [2.45, 2.75) is 31.7 Å². The van der Waals surface area contributed by atoms with E-state index in [0.717, 1.165) is 6.04 Å². The normalized spacial score (nSPS) is 24.8. The molecule has 1 aromatic rings. The minimum Gasteiger partial charge on any atom is -0.369 e. The number of para-hydroxylation sites is 1. The van der Waals surface area contributed by atoms with Crippen molar-refractivity contribution in [3.05, 3.63) is 30.3 Å². The Morgan fingerprint density at radius 1 is 1.00 bits per heavy atom. The van der Waals surface area contributed by atoms with Gasteiger partial charge in [-0.05, 0) is 44.5 Å². The van der Waals surface area contributed by atoms with Gasteiger partial charge in [0.05, 0.1) is 0 Å². The second-order valence-corrected chi connectivity index (χ2v) is 6.10. The summed E-state index contributed by atoms with van der Waals surface area (Å²) in [5, 5.41) is 3.66. The zero-order valence-corrected chi connectivity index (χ0v) is 12.4. The van der Waals surface area contributed by atoms with Crippen molar-refractivity contribution in [3.63, 3.8) is 0 Å². The van der Waals surface area contributed by atoms with Crippen molar-refractivity contribution in [3.8, 4) is 0 Å². The van der Waals surface area contributed by atoms with Gasteiger partial charge in [0.1, 0.15) is 0 Å². The Morgan fingerprint density at radius 2 is 1.80 bits per heavy atom. The number of nitrogens with zero attached hydrogens (tertiary/aromatic N) is 2. The van der Waals surface area contributed by atoms with E-state index in [1.165, 1.54) is 70.6 Å². The monoisotopic (exact) mass is 273 g/mol. The highest BCUT2D eigenvalue weighted by atomic mass is 15.3. The van der Waals surface area contributed by atoms with Gasteiger partial charge in [0, 0.05) is 37.9 Å². The Morgan fingerprint density at radius 3 is 2.50 bits per heavy atom. The molecule has 1 atom stereocenters. The number of piperidine rings is 1. The lowest BCUT2D eigenvalue weighted by Gasteiger charge is -2.37. The highest BCUT2D eigenvalue weighted by molar-refractivity contribution is 5.46. The minimum atomic E-state index is 0.774. The molecule has 1 unspecified atom stereocenters. The summed E-state index contributed by atoms with van der Waals surface area (Å²) in [4.78, 5) is 5.14. The van der Waals surface area contributed by atoms with Crippen molar-refractivity contribution < 1.29 is 0 Å². The third-order valence-electron chi connectivity index (χ3n) is 4.70. The Balaban J connectivity index is 1.40. The molecule has 3 rings (SSSR count). The molecule has 20 heavy (non-hydrogen) atoms. The number of nitrogens with one attached hydrogen (secondary N) is 1. The quantitative estimate of drug-likeness (QED) is 0.908. The van der Waals surface area contributed by atoms with Gasteiger partial charge in [-0.15, -0.1) is 0 Å². The summed E-state index contributed by atoms with van der Waals surface area (Å²) in [6.45, 7) is 7.25. The number of anilines is 1. The fourth-order valence-corrected chi connectivity index (χ4v) is 3.38. The lowest BCUT2D eigenvalue weighted by atomic mass is 10.0. The molecule has 2 fully saturated rings. The van der Waals surface area contributed by atoms with Gasteiger partial charge in [-0.2, -0.15) is 0 Å². The molecule has 1 aromatic carbocycles. The van der Waals surface area contributed by atoms with Crippen LogP contribution in [0.4, 0.5) is 5.69 Å². The summed E-state index contributed by atoms with van der Waals surface area (Å²) in [5.74, 6) is 0. The van der Waals surface area contributed by atoms with Crippen LogP contribution in [0.2, 0.25) is 0 Å². The van der Waals surface area contributed by atoms with Crippen LogP contribution >= 0.6 is 0 Å². The second-order valence-electron chi connectivity index (χ2n) is 6.10. The maximum absolute atomic E-state index is 3.66. The van der Waals surface area contributed by atoms with E-state index < -0.39 is 0 Å². The topological polar surface area (TPSA) is 18.5 Å². The molecule has 3 heteroatoms. The van der Waals surface area contributed by atoms with Crippen LogP contribution in [0.15, 0.2) is 30.3 Å². The van der Waals surface area contributed by atoms with Crippen LogP contribution in [0, 0.1) is 0 Å². The zero-order valence-electron chi connectivity index (χ0n) is 12.4. The second kappa shape index (κ2) is 7.09. The summed E-state index contributed by atoms with van der Waals surface area (Å²) < 4.78 is 0. The molecule has 2 saturated heterocycles. The van der Waals surface area contributed by atoms with Gasteiger partial charge in [-0.1, -0.05) is 24.6 Å². The summed E-state index contributed by atoms with van der Waals surface area (Å²) in [6, 6.07) is 11.6. The summed E-state index contributed by atoms with van der Waals surface area (Å²) in [6.07, 6.45) is 5.49. The molecular weight excluding hydrogens is 246 g/mol. The Kier molecular flexibility index (Phi) is 4.93. The average Bonchev–Trinajstić information content (AvgIpc) is 2.55. The molecule has 2 aliphatic heterocycles. The molecule has 0 spiro atoms. The molecule has 2 aliphatic rings. The SMILES string of the molecule is c1ccc(N2CCN(CCC3CCCCN3)CC2)cc1. The highest BCUT2D eigenvalue weighted by Gasteiger charge is 2.19. The van der Waals surface area contributed by atoms with Gasteiger partial charge in [-0.25, -0.2) is 0 Å². The predicted molar refractivity (Wildman–Crippen MR) is 85.4 cm³/mol. The third-order valence-corrected chi connectivity index (χ3v) is 4.70. The van der Waals surface area contributed by atoms with E-state index in [1.54, 1.807) is 0 Å². The molecule has 2 heterocycles. The number of piperazine rings is 1. The highest BCUT2D eigenvalue weighted by Crippen LogP contribution is 2.16. The Labute approximate surface area is 123 Å². The van der Waals surface area contributed by atoms with Crippen LogP contribution in [-0.4, -0.2) is 50.2 Å². The van der Waals surface area contributed by atoms with Crippen LogP contribution < -0.4 is 10.2 Å². The summed E-state index contributed by atoms with van der Waals surface area (Å²) in [7, 11) is 0. The predicted octanol–water partition coefficient (Wildman–Crippen LogP) is 2.34. The standard InChI is InChI=1S/C17H27N3/c1-2-7-17(8-3-1)20-14-12-19(13-15-20)11-9-16-6-4-5-10-18-16/h1-3,7-8,16,18H,4-6,9-15H2. The van der Waals surface area contributed by atoms with Crippen LogP contribution in [0.5, 0.6) is 0 Å².